The Morgan fingerprint density at radius 1 is 1.00 bits per heavy atom. The van der Waals surface area contributed by atoms with Crippen LogP contribution in [0.25, 0.3) is 0 Å². The molecule has 4 N–H and O–H groups in total. The molecule has 0 atom stereocenters. The van der Waals surface area contributed by atoms with Crippen molar-refractivity contribution in [3.05, 3.63) is 83.9 Å². The Morgan fingerprint density at radius 2 is 1.76 bits per heavy atom. The number of rotatable bonds is 5. The van der Waals surface area contributed by atoms with E-state index in [9.17, 15) is 13.2 Å². The van der Waals surface area contributed by atoms with Gasteiger partial charge in [0.1, 0.15) is 0 Å². The standard InChI is InChI=1S/C21H19N3O4S/c25-21(16-5-3-6-18(14-16)23-26)22-17-8-10-19(11-9-17)29(27,28)24-13-12-15-4-1-2-7-20(15)24/h1-11,14,23,26H,12-13H2,(H,22,25)/p+1. The zero-order valence-corrected chi connectivity index (χ0v) is 16.3. The molecule has 0 radical (unpaired) electrons. The molecule has 0 saturated carbocycles. The number of benzene rings is 3. The Kier molecular flexibility index (Phi) is 5.06. The Hall–Kier alpha value is -3.20. The molecule has 4 rings (SSSR count). The van der Waals surface area contributed by atoms with E-state index in [2.05, 4.69) is 5.32 Å². The van der Waals surface area contributed by atoms with Gasteiger partial charge in [-0.1, -0.05) is 24.3 Å². The lowest BCUT2D eigenvalue weighted by molar-refractivity contribution is -0.825. The molecule has 0 bridgehead atoms. The number of quaternary nitrogens is 1. The van der Waals surface area contributed by atoms with Crippen molar-refractivity contribution in [1.29, 1.82) is 0 Å². The van der Waals surface area contributed by atoms with Crippen LogP contribution in [-0.2, 0) is 16.4 Å². The summed E-state index contributed by atoms with van der Waals surface area (Å²) in [6.45, 7) is 0.415. The molecule has 0 aromatic heterocycles. The van der Waals surface area contributed by atoms with E-state index in [1.807, 2.05) is 24.3 Å². The van der Waals surface area contributed by atoms with Crippen molar-refractivity contribution < 1.29 is 23.9 Å². The average Bonchev–Trinajstić information content (AvgIpc) is 3.19. The van der Waals surface area contributed by atoms with Crippen LogP contribution in [0.5, 0.6) is 0 Å². The summed E-state index contributed by atoms with van der Waals surface area (Å²) in [7, 11) is -3.67. The summed E-state index contributed by atoms with van der Waals surface area (Å²) in [5.74, 6) is -0.349. The molecule has 0 fully saturated rings. The molecule has 0 spiro atoms. The van der Waals surface area contributed by atoms with Gasteiger partial charge < -0.3 is 5.32 Å². The highest BCUT2D eigenvalue weighted by Gasteiger charge is 2.30. The average molecular weight is 410 g/mol. The second-order valence-corrected chi connectivity index (χ2v) is 8.55. The van der Waals surface area contributed by atoms with Crippen LogP contribution >= 0.6 is 0 Å². The van der Waals surface area contributed by atoms with Gasteiger partial charge in [0.2, 0.25) is 0 Å². The summed E-state index contributed by atoms with van der Waals surface area (Å²) in [5.41, 5.74) is 4.04. The predicted octanol–water partition coefficient (Wildman–Crippen LogP) is 2.27. The number of nitrogens with zero attached hydrogens (tertiary/aromatic N) is 1. The first-order chi connectivity index (χ1) is 14.0. The fourth-order valence-corrected chi connectivity index (χ4v) is 4.86. The van der Waals surface area contributed by atoms with Gasteiger partial charge in [-0.3, -0.25) is 9.10 Å². The van der Waals surface area contributed by atoms with Crippen molar-refractivity contribution in [2.45, 2.75) is 11.3 Å². The summed E-state index contributed by atoms with van der Waals surface area (Å²) in [4.78, 5) is 12.5. The first-order valence-corrected chi connectivity index (χ1v) is 10.5. The number of amides is 1. The highest BCUT2D eigenvalue weighted by molar-refractivity contribution is 7.92. The SMILES string of the molecule is O=C(Nc1ccc(S(=O)(=O)N2CCc3ccccc32)cc1)c1cccc([NH2+]O)c1. The summed E-state index contributed by atoms with van der Waals surface area (Å²) < 4.78 is 27.5. The Morgan fingerprint density at radius 3 is 2.52 bits per heavy atom. The minimum absolute atomic E-state index is 0.170. The molecule has 8 heteroatoms. The maximum Gasteiger partial charge on any atom is 0.264 e. The molecule has 0 aliphatic carbocycles. The van der Waals surface area contributed by atoms with E-state index in [1.54, 1.807) is 36.4 Å². The van der Waals surface area contributed by atoms with E-state index in [0.717, 1.165) is 11.0 Å². The fraction of sp³-hybridized carbons (Fsp3) is 0.0952. The van der Waals surface area contributed by atoms with Gasteiger partial charge in [-0.2, -0.15) is 5.48 Å². The van der Waals surface area contributed by atoms with Gasteiger partial charge in [-0.05, 0) is 48.4 Å². The molecule has 1 aliphatic rings. The van der Waals surface area contributed by atoms with E-state index < -0.39 is 10.0 Å². The van der Waals surface area contributed by atoms with E-state index >= 15 is 0 Å². The van der Waals surface area contributed by atoms with E-state index in [1.165, 1.54) is 16.4 Å². The first kappa shape index (κ1) is 19.1. The number of nitrogens with two attached hydrogens (primary N) is 1. The third-order valence-electron chi connectivity index (χ3n) is 4.84. The van der Waals surface area contributed by atoms with Crippen LogP contribution in [0.4, 0.5) is 17.1 Å². The smallest absolute Gasteiger partial charge is 0.264 e. The molecular formula is C21H20N3O4S+. The van der Waals surface area contributed by atoms with Crippen LogP contribution < -0.4 is 15.1 Å². The number of carbonyl (C=O) groups excluding carboxylic acids is 1. The van der Waals surface area contributed by atoms with Crippen molar-refractivity contribution in [2.75, 3.05) is 16.2 Å². The minimum Gasteiger partial charge on any atom is -0.322 e. The van der Waals surface area contributed by atoms with Gasteiger partial charge in [-0.15, -0.1) is 0 Å². The quantitative estimate of drug-likeness (QED) is 0.443. The predicted molar refractivity (Wildman–Crippen MR) is 109 cm³/mol. The van der Waals surface area contributed by atoms with Crippen molar-refractivity contribution >= 4 is 33.0 Å². The monoisotopic (exact) mass is 410 g/mol. The van der Waals surface area contributed by atoms with Crippen LogP contribution in [0.15, 0.2) is 77.7 Å². The number of hydrogen-bond donors (Lipinski definition) is 3. The van der Waals surface area contributed by atoms with Crippen molar-refractivity contribution in [2.24, 2.45) is 0 Å². The van der Waals surface area contributed by atoms with Gasteiger partial charge in [0.15, 0.2) is 5.69 Å². The van der Waals surface area contributed by atoms with E-state index in [-0.39, 0.29) is 10.8 Å². The number of carbonyl (C=O) groups is 1. The number of anilines is 2. The number of para-hydroxylation sites is 1. The Labute approximate surface area is 168 Å². The lowest BCUT2D eigenvalue weighted by Crippen LogP contribution is -2.73. The molecule has 0 saturated heterocycles. The van der Waals surface area contributed by atoms with Gasteiger partial charge in [0, 0.05) is 29.9 Å². The number of nitrogens with one attached hydrogen (secondary N) is 1. The topological polar surface area (TPSA) is 103 Å². The zero-order chi connectivity index (χ0) is 20.4. The van der Waals surface area contributed by atoms with E-state index in [4.69, 9.17) is 5.21 Å². The van der Waals surface area contributed by atoms with Gasteiger partial charge in [0.25, 0.3) is 15.9 Å². The maximum atomic E-state index is 13.0. The second-order valence-electron chi connectivity index (χ2n) is 6.69. The Bertz CT molecular complexity index is 1160. The summed E-state index contributed by atoms with van der Waals surface area (Å²) >= 11 is 0. The molecule has 1 heterocycles. The van der Waals surface area contributed by atoms with Gasteiger partial charge in [0.05, 0.1) is 10.6 Å². The molecule has 1 aliphatic heterocycles. The largest absolute Gasteiger partial charge is 0.322 e. The highest BCUT2D eigenvalue weighted by Crippen LogP contribution is 2.32. The number of sulfonamides is 1. The first-order valence-electron chi connectivity index (χ1n) is 9.08. The van der Waals surface area contributed by atoms with Crippen molar-refractivity contribution in [3.63, 3.8) is 0 Å². The van der Waals surface area contributed by atoms with Crippen LogP contribution in [0.1, 0.15) is 15.9 Å². The number of hydrogen-bond acceptors (Lipinski definition) is 4. The molecule has 3 aromatic carbocycles. The summed E-state index contributed by atoms with van der Waals surface area (Å²) in [5, 5.41) is 11.8. The Balaban J connectivity index is 1.53. The maximum absolute atomic E-state index is 13.0. The van der Waals surface area contributed by atoms with Gasteiger partial charge in [-0.25, -0.2) is 13.6 Å². The number of fused-ring (bicyclic) bond motifs is 1. The van der Waals surface area contributed by atoms with Crippen LogP contribution in [0.3, 0.4) is 0 Å². The van der Waals surface area contributed by atoms with E-state index in [0.29, 0.717) is 35.6 Å². The van der Waals surface area contributed by atoms with Crippen LogP contribution in [0, 0.1) is 0 Å². The van der Waals surface area contributed by atoms with Crippen LogP contribution in [0.2, 0.25) is 0 Å². The highest BCUT2D eigenvalue weighted by atomic mass is 32.2. The van der Waals surface area contributed by atoms with Crippen LogP contribution in [-0.4, -0.2) is 26.1 Å². The summed E-state index contributed by atoms with van der Waals surface area (Å²) in [6, 6.07) is 20.1. The van der Waals surface area contributed by atoms with Crippen molar-refractivity contribution in [3.8, 4) is 0 Å². The van der Waals surface area contributed by atoms with Crippen molar-refractivity contribution in [1.82, 2.24) is 0 Å². The zero-order valence-electron chi connectivity index (χ0n) is 15.4. The lowest BCUT2D eigenvalue weighted by Gasteiger charge is -2.19. The summed E-state index contributed by atoms with van der Waals surface area (Å²) in [6.07, 6.45) is 0.688. The third-order valence-corrected chi connectivity index (χ3v) is 6.67. The van der Waals surface area contributed by atoms with Gasteiger partial charge >= 0.3 is 0 Å². The molecule has 0 unspecified atom stereocenters. The molecule has 3 aromatic rings. The molecule has 1 amide bonds. The fourth-order valence-electron chi connectivity index (χ4n) is 3.36. The molecule has 7 nitrogen and oxygen atoms in total. The lowest BCUT2D eigenvalue weighted by atomic mass is 10.2. The second kappa shape index (κ2) is 7.67. The molecule has 29 heavy (non-hydrogen) atoms. The third kappa shape index (κ3) is 3.73. The minimum atomic E-state index is -3.67. The normalized spacial score (nSPS) is 13.2. The molecular weight excluding hydrogens is 390 g/mol. The molecule has 148 valence electrons.